The van der Waals surface area contributed by atoms with Crippen molar-refractivity contribution in [2.75, 3.05) is 0 Å². The van der Waals surface area contributed by atoms with Gasteiger partial charge in [0.25, 0.3) is 0 Å². The molecule has 4 nitrogen and oxygen atoms in total. The van der Waals surface area contributed by atoms with E-state index in [1.165, 1.54) is 0 Å². The van der Waals surface area contributed by atoms with Gasteiger partial charge in [-0.25, -0.2) is 4.98 Å². The van der Waals surface area contributed by atoms with Crippen LogP contribution in [0.5, 0.6) is 11.8 Å². The number of aryl methyl sites for hydroxylation is 1. The first-order valence-corrected chi connectivity index (χ1v) is 6.77. The Hall–Kier alpha value is -2.46. The molecule has 0 fully saturated rings. The Morgan fingerprint density at radius 1 is 1.10 bits per heavy atom. The molecular weight excluding hydrogens is 286 g/mol. The van der Waals surface area contributed by atoms with E-state index in [1.54, 1.807) is 24.7 Å². The summed E-state index contributed by atoms with van der Waals surface area (Å²) in [5, 5.41) is 0.524. The van der Waals surface area contributed by atoms with E-state index in [0.29, 0.717) is 10.8 Å². The fourth-order valence-electron chi connectivity index (χ4n) is 1.85. The zero-order chi connectivity index (χ0) is 14.7. The number of nitrogens with zero attached hydrogens (tertiary/aromatic N) is 3. The van der Waals surface area contributed by atoms with Gasteiger partial charge in [0.05, 0.1) is 10.7 Å². The molecule has 21 heavy (non-hydrogen) atoms. The van der Waals surface area contributed by atoms with Crippen LogP contribution in [0.3, 0.4) is 0 Å². The lowest BCUT2D eigenvalue weighted by molar-refractivity contribution is 0.442. The number of pyridine rings is 1. The summed E-state index contributed by atoms with van der Waals surface area (Å²) in [5.41, 5.74) is 2.70. The summed E-state index contributed by atoms with van der Waals surface area (Å²) in [6.07, 6.45) is 5.11. The summed E-state index contributed by atoms with van der Waals surface area (Å²) in [6.45, 7) is 1.97. The molecule has 5 heteroatoms. The summed E-state index contributed by atoms with van der Waals surface area (Å²) >= 11 is 6.11. The van der Waals surface area contributed by atoms with E-state index in [9.17, 15) is 0 Å². The summed E-state index contributed by atoms with van der Waals surface area (Å²) in [5.74, 6) is 0.542. The fraction of sp³-hybridized carbons (Fsp3) is 0.0625. The second-order valence-corrected chi connectivity index (χ2v) is 4.91. The van der Waals surface area contributed by atoms with Crippen molar-refractivity contribution in [2.24, 2.45) is 0 Å². The molecule has 0 atom stereocenters. The predicted molar refractivity (Wildman–Crippen MR) is 81.5 cm³/mol. The Balaban J connectivity index is 1.92. The van der Waals surface area contributed by atoms with Crippen LogP contribution in [0.1, 0.15) is 5.56 Å². The highest BCUT2D eigenvalue weighted by Crippen LogP contribution is 2.29. The van der Waals surface area contributed by atoms with Gasteiger partial charge in [-0.15, -0.1) is 0 Å². The first kappa shape index (κ1) is 13.5. The third-order valence-electron chi connectivity index (χ3n) is 2.88. The van der Waals surface area contributed by atoms with E-state index < -0.39 is 0 Å². The average Bonchev–Trinajstić information content (AvgIpc) is 2.52. The third-order valence-corrected chi connectivity index (χ3v) is 3.19. The summed E-state index contributed by atoms with van der Waals surface area (Å²) in [7, 11) is 0. The first-order valence-electron chi connectivity index (χ1n) is 6.40. The zero-order valence-corrected chi connectivity index (χ0v) is 12.1. The van der Waals surface area contributed by atoms with Gasteiger partial charge in [0, 0.05) is 24.2 Å². The Kier molecular flexibility index (Phi) is 3.79. The number of rotatable bonds is 3. The van der Waals surface area contributed by atoms with Gasteiger partial charge in [-0.1, -0.05) is 17.7 Å². The number of ether oxygens (including phenoxy) is 1. The van der Waals surface area contributed by atoms with Gasteiger partial charge in [0.1, 0.15) is 5.75 Å². The molecule has 3 aromatic rings. The third kappa shape index (κ3) is 3.17. The van der Waals surface area contributed by atoms with Crippen molar-refractivity contribution >= 4 is 11.6 Å². The van der Waals surface area contributed by atoms with Crippen molar-refractivity contribution in [1.29, 1.82) is 0 Å². The molecule has 0 radical (unpaired) electrons. The van der Waals surface area contributed by atoms with E-state index in [0.717, 1.165) is 16.8 Å². The smallest absolute Gasteiger partial charge is 0.322 e. The van der Waals surface area contributed by atoms with Crippen LogP contribution in [-0.4, -0.2) is 15.0 Å². The van der Waals surface area contributed by atoms with Gasteiger partial charge in [-0.3, -0.25) is 4.98 Å². The van der Waals surface area contributed by atoms with E-state index in [-0.39, 0.29) is 6.01 Å². The van der Waals surface area contributed by atoms with E-state index in [2.05, 4.69) is 15.0 Å². The van der Waals surface area contributed by atoms with Crippen molar-refractivity contribution in [3.63, 3.8) is 0 Å². The van der Waals surface area contributed by atoms with Crippen LogP contribution in [0.2, 0.25) is 5.02 Å². The minimum Gasteiger partial charge on any atom is -0.423 e. The first-order chi connectivity index (χ1) is 10.2. The van der Waals surface area contributed by atoms with Gasteiger partial charge in [0.15, 0.2) is 0 Å². The van der Waals surface area contributed by atoms with Gasteiger partial charge < -0.3 is 4.74 Å². The molecular formula is C16H12ClN3O. The largest absolute Gasteiger partial charge is 0.423 e. The Labute approximate surface area is 127 Å². The molecule has 0 amide bonds. The van der Waals surface area contributed by atoms with Crippen LogP contribution in [-0.2, 0) is 0 Å². The number of halogens is 1. The quantitative estimate of drug-likeness (QED) is 0.723. The van der Waals surface area contributed by atoms with Crippen molar-refractivity contribution < 1.29 is 4.74 Å². The lowest BCUT2D eigenvalue weighted by atomic mass is 10.2. The Morgan fingerprint density at radius 2 is 2.00 bits per heavy atom. The minimum absolute atomic E-state index is 0.254. The molecule has 0 spiro atoms. The predicted octanol–water partition coefficient (Wildman–Crippen LogP) is 4.29. The molecule has 1 aromatic carbocycles. The van der Waals surface area contributed by atoms with Crippen molar-refractivity contribution in [2.45, 2.75) is 6.92 Å². The zero-order valence-electron chi connectivity index (χ0n) is 11.3. The molecule has 0 aliphatic carbocycles. The summed E-state index contributed by atoms with van der Waals surface area (Å²) in [4.78, 5) is 12.6. The molecule has 2 aromatic heterocycles. The molecule has 104 valence electrons. The van der Waals surface area contributed by atoms with Gasteiger partial charge in [-0.05, 0) is 42.8 Å². The van der Waals surface area contributed by atoms with Gasteiger partial charge in [-0.2, -0.15) is 4.98 Å². The molecule has 2 heterocycles. The number of hydrogen-bond donors (Lipinski definition) is 0. The monoisotopic (exact) mass is 297 g/mol. The second-order valence-electron chi connectivity index (χ2n) is 4.50. The number of benzene rings is 1. The molecule has 0 bridgehead atoms. The highest BCUT2D eigenvalue weighted by molar-refractivity contribution is 6.32. The average molecular weight is 298 g/mol. The Bertz CT molecular complexity index is 762. The van der Waals surface area contributed by atoms with Crippen LogP contribution in [0.4, 0.5) is 0 Å². The van der Waals surface area contributed by atoms with Gasteiger partial charge in [0.2, 0.25) is 0 Å². The molecule has 0 aliphatic rings. The van der Waals surface area contributed by atoms with Crippen LogP contribution >= 0.6 is 11.6 Å². The minimum atomic E-state index is 0.254. The SMILES string of the molecule is Cc1ccc(Cl)c(Oc2nccc(-c3cccnc3)n2)c1. The molecule has 0 unspecified atom stereocenters. The van der Waals surface area contributed by atoms with E-state index in [4.69, 9.17) is 16.3 Å². The second kappa shape index (κ2) is 5.89. The molecule has 0 saturated carbocycles. The summed E-state index contributed by atoms with van der Waals surface area (Å²) in [6, 6.07) is 11.4. The topological polar surface area (TPSA) is 47.9 Å². The normalized spacial score (nSPS) is 10.4. The van der Waals surface area contributed by atoms with E-state index >= 15 is 0 Å². The fourth-order valence-corrected chi connectivity index (χ4v) is 2.01. The molecule has 0 N–H and O–H groups in total. The molecule has 0 saturated heterocycles. The maximum Gasteiger partial charge on any atom is 0.322 e. The van der Waals surface area contributed by atoms with Crippen LogP contribution < -0.4 is 4.74 Å². The highest BCUT2D eigenvalue weighted by atomic mass is 35.5. The summed E-state index contributed by atoms with van der Waals surface area (Å²) < 4.78 is 5.68. The van der Waals surface area contributed by atoms with E-state index in [1.807, 2.05) is 37.3 Å². The molecule has 3 rings (SSSR count). The van der Waals surface area contributed by atoms with Crippen LogP contribution in [0.15, 0.2) is 55.0 Å². The maximum absolute atomic E-state index is 6.11. The van der Waals surface area contributed by atoms with Crippen LogP contribution in [0, 0.1) is 6.92 Å². The molecule has 0 aliphatic heterocycles. The Morgan fingerprint density at radius 3 is 2.81 bits per heavy atom. The number of aromatic nitrogens is 3. The standard InChI is InChI=1S/C16H12ClN3O/c1-11-4-5-13(17)15(9-11)21-16-19-8-6-14(20-16)12-3-2-7-18-10-12/h2-10H,1H3. The van der Waals surface area contributed by atoms with Crippen molar-refractivity contribution in [3.8, 4) is 23.0 Å². The lowest BCUT2D eigenvalue weighted by Crippen LogP contribution is -1.94. The van der Waals surface area contributed by atoms with Gasteiger partial charge >= 0.3 is 6.01 Å². The lowest BCUT2D eigenvalue weighted by Gasteiger charge is -2.07. The van der Waals surface area contributed by atoms with Crippen molar-refractivity contribution in [3.05, 3.63) is 65.6 Å². The van der Waals surface area contributed by atoms with Crippen LogP contribution in [0.25, 0.3) is 11.3 Å². The van der Waals surface area contributed by atoms with Crippen molar-refractivity contribution in [1.82, 2.24) is 15.0 Å². The maximum atomic E-state index is 6.11. The number of hydrogen-bond acceptors (Lipinski definition) is 4. The highest BCUT2D eigenvalue weighted by Gasteiger charge is 2.07.